The quantitative estimate of drug-likeness (QED) is 0.744. The molecule has 0 radical (unpaired) electrons. The number of rotatable bonds is 7. The minimum absolute atomic E-state index is 0.0405. The molecule has 0 amide bonds. The molecule has 1 aliphatic heterocycles. The van der Waals surface area contributed by atoms with Gasteiger partial charge in [-0.1, -0.05) is 0 Å². The van der Waals surface area contributed by atoms with Gasteiger partial charge in [0, 0.05) is 32.8 Å². The summed E-state index contributed by atoms with van der Waals surface area (Å²) >= 11 is 0. The summed E-state index contributed by atoms with van der Waals surface area (Å²) in [6.07, 6.45) is 5.01. The van der Waals surface area contributed by atoms with E-state index in [1.165, 1.54) is 12.8 Å². The Morgan fingerprint density at radius 2 is 2.28 bits per heavy atom. The van der Waals surface area contributed by atoms with Gasteiger partial charge < -0.3 is 15.2 Å². The maximum Gasteiger partial charge on any atom is 0.0662 e. The number of hydrogen-bond donors (Lipinski definition) is 1. The summed E-state index contributed by atoms with van der Waals surface area (Å²) < 4.78 is 11.0. The summed E-state index contributed by atoms with van der Waals surface area (Å²) in [6.45, 7) is 6.45. The first-order valence-electron chi connectivity index (χ1n) is 7.27. The van der Waals surface area contributed by atoms with E-state index in [9.17, 15) is 0 Å². The van der Waals surface area contributed by atoms with Crippen LogP contribution in [0.2, 0.25) is 0 Å². The van der Waals surface area contributed by atoms with Crippen LogP contribution in [0.3, 0.4) is 0 Å². The van der Waals surface area contributed by atoms with Crippen LogP contribution >= 0.6 is 0 Å². The largest absolute Gasteiger partial charge is 0.383 e. The van der Waals surface area contributed by atoms with E-state index in [0.29, 0.717) is 12.6 Å². The molecule has 2 aliphatic rings. The Bertz CT molecular complexity index is 250. The molecule has 0 aromatic heterocycles. The van der Waals surface area contributed by atoms with Crippen LogP contribution in [-0.2, 0) is 9.47 Å². The second-order valence-electron chi connectivity index (χ2n) is 5.85. The van der Waals surface area contributed by atoms with E-state index in [2.05, 4.69) is 11.8 Å². The van der Waals surface area contributed by atoms with Crippen molar-refractivity contribution < 1.29 is 9.47 Å². The van der Waals surface area contributed by atoms with E-state index in [1.807, 2.05) is 0 Å². The third-order valence-corrected chi connectivity index (χ3v) is 4.62. The molecule has 0 aromatic rings. The second kappa shape index (κ2) is 6.33. The molecular formula is C14H28N2O2. The number of hydrogen-bond acceptors (Lipinski definition) is 4. The Balaban J connectivity index is 2.07. The van der Waals surface area contributed by atoms with Crippen LogP contribution in [0.1, 0.15) is 32.6 Å². The molecular weight excluding hydrogens is 228 g/mol. The summed E-state index contributed by atoms with van der Waals surface area (Å²) in [5.74, 6) is 0.854. The van der Waals surface area contributed by atoms with E-state index in [1.54, 1.807) is 7.11 Å². The lowest BCUT2D eigenvalue weighted by Crippen LogP contribution is -2.62. The average molecular weight is 256 g/mol. The number of ether oxygens (including phenoxy) is 2. The highest BCUT2D eigenvalue weighted by molar-refractivity contribution is 4.99. The zero-order valence-corrected chi connectivity index (χ0v) is 11.9. The highest BCUT2D eigenvalue weighted by Gasteiger charge is 2.43. The minimum Gasteiger partial charge on any atom is -0.383 e. The molecule has 2 rings (SSSR count). The molecule has 1 saturated carbocycles. The first-order valence-corrected chi connectivity index (χ1v) is 7.27. The van der Waals surface area contributed by atoms with Gasteiger partial charge in [0.25, 0.3) is 0 Å². The topological polar surface area (TPSA) is 47.7 Å². The van der Waals surface area contributed by atoms with Crippen LogP contribution in [0.15, 0.2) is 0 Å². The van der Waals surface area contributed by atoms with Crippen molar-refractivity contribution in [2.45, 2.75) is 44.2 Å². The maximum absolute atomic E-state index is 6.11. The predicted molar refractivity (Wildman–Crippen MR) is 72.6 cm³/mol. The van der Waals surface area contributed by atoms with Crippen molar-refractivity contribution in [3.63, 3.8) is 0 Å². The van der Waals surface area contributed by atoms with Gasteiger partial charge >= 0.3 is 0 Å². The van der Waals surface area contributed by atoms with E-state index in [-0.39, 0.29) is 5.54 Å². The van der Waals surface area contributed by atoms with Crippen LogP contribution in [0.25, 0.3) is 0 Å². The summed E-state index contributed by atoms with van der Waals surface area (Å²) in [4.78, 5) is 2.58. The van der Waals surface area contributed by atoms with Gasteiger partial charge in [0.2, 0.25) is 0 Å². The Labute approximate surface area is 111 Å². The zero-order valence-electron chi connectivity index (χ0n) is 11.9. The lowest BCUT2D eigenvalue weighted by molar-refractivity contribution is -0.0706. The van der Waals surface area contributed by atoms with Crippen molar-refractivity contribution in [2.75, 3.05) is 40.0 Å². The molecule has 1 saturated heterocycles. The normalized spacial score (nSPS) is 30.7. The lowest BCUT2D eigenvalue weighted by atomic mass is 9.88. The lowest BCUT2D eigenvalue weighted by Gasteiger charge is -2.48. The van der Waals surface area contributed by atoms with Crippen LogP contribution < -0.4 is 5.73 Å². The van der Waals surface area contributed by atoms with Gasteiger partial charge in [0.15, 0.2) is 0 Å². The second-order valence-corrected chi connectivity index (χ2v) is 5.85. The van der Waals surface area contributed by atoms with E-state index in [4.69, 9.17) is 15.2 Å². The Hall–Kier alpha value is -0.160. The number of nitrogens with two attached hydrogens (primary N) is 1. The van der Waals surface area contributed by atoms with Crippen molar-refractivity contribution in [3.05, 3.63) is 0 Å². The standard InChI is InChI=1S/C14H28N2O2/c1-12(13-4-5-13)16(7-9-17-2)14(10-15)6-3-8-18-11-14/h12-13H,3-11,15H2,1-2H3. The SMILES string of the molecule is COCCN(C(C)C1CC1)C1(CN)CCCOC1. The highest BCUT2D eigenvalue weighted by atomic mass is 16.5. The fourth-order valence-corrected chi connectivity index (χ4v) is 3.24. The predicted octanol–water partition coefficient (Wildman–Crippen LogP) is 1.24. The first kappa shape index (κ1) is 14.3. The molecule has 0 aromatic carbocycles. The number of methoxy groups -OCH3 is 1. The molecule has 0 bridgehead atoms. The van der Waals surface area contributed by atoms with Crippen molar-refractivity contribution in [1.29, 1.82) is 0 Å². The summed E-state index contributed by atoms with van der Waals surface area (Å²) in [7, 11) is 1.77. The average Bonchev–Trinajstić information content (AvgIpc) is 3.24. The van der Waals surface area contributed by atoms with Gasteiger partial charge in [-0.15, -0.1) is 0 Å². The summed E-state index contributed by atoms with van der Waals surface area (Å²) in [5, 5.41) is 0. The van der Waals surface area contributed by atoms with Gasteiger partial charge in [-0.05, 0) is 38.5 Å². The summed E-state index contributed by atoms with van der Waals surface area (Å²) in [6, 6.07) is 0.602. The van der Waals surface area contributed by atoms with Crippen molar-refractivity contribution in [1.82, 2.24) is 4.90 Å². The van der Waals surface area contributed by atoms with Gasteiger partial charge in [-0.25, -0.2) is 0 Å². The fraction of sp³-hybridized carbons (Fsp3) is 1.00. The fourth-order valence-electron chi connectivity index (χ4n) is 3.24. The third-order valence-electron chi connectivity index (χ3n) is 4.62. The molecule has 1 heterocycles. The smallest absolute Gasteiger partial charge is 0.0662 e. The molecule has 18 heavy (non-hydrogen) atoms. The molecule has 4 heteroatoms. The van der Waals surface area contributed by atoms with Gasteiger partial charge in [-0.2, -0.15) is 0 Å². The van der Waals surface area contributed by atoms with Crippen molar-refractivity contribution >= 4 is 0 Å². The van der Waals surface area contributed by atoms with Crippen LogP contribution in [0.4, 0.5) is 0 Å². The Morgan fingerprint density at radius 1 is 1.50 bits per heavy atom. The minimum atomic E-state index is 0.0405. The van der Waals surface area contributed by atoms with Crippen molar-refractivity contribution in [2.24, 2.45) is 11.7 Å². The highest BCUT2D eigenvalue weighted by Crippen LogP contribution is 2.39. The van der Waals surface area contributed by atoms with Crippen molar-refractivity contribution in [3.8, 4) is 0 Å². The monoisotopic (exact) mass is 256 g/mol. The summed E-state index contributed by atoms with van der Waals surface area (Å²) in [5.41, 5.74) is 6.15. The molecule has 2 atom stereocenters. The molecule has 106 valence electrons. The molecule has 2 N–H and O–H groups in total. The molecule has 2 unspecified atom stereocenters. The third kappa shape index (κ3) is 3.05. The van der Waals surface area contributed by atoms with E-state index >= 15 is 0 Å². The Kier molecular flexibility index (Phi) is 5.01. The Morgan fingerprint density at radius 3 is 2.78 bits per heavy atom. The van der Waals surface area contributed by atoms with E-state index in [0.717, 1.165) is 45.1 Å². The molecule has 1 aliphatic carbocycles. The number of nitrogens with zero attached hydrogens (tertiary/aromatic N) is 1. The van der Waals surface area contributed by atoms with Crippen LogP contribution in [0.5, 0.6) is 0 Å². The molecule has 0 spiro atoms. The first-order chi connectivity index (χ1) is 8.73. The van der Waals surface area contributed by atoms with Gasteiger partial charge in [0.05, 0.1) is 18.8 Å². The molecule has 4 nitrogen and oxygen atoms in total. The maximum atomic E-state index is 6.11. The van der Waals surface area contributed by atoms with Crippen LogP contribution in [-0.4, -0.2) is 56.5 Å². The van der Waals surface area contributed by atoms with Gasteiger partial charge in [-0.3, -0.25) is 4.90 Å². The zero-order chi connectivity index (χ0) is 13.0. The van der Waals surface area contributed by atoms with Gasteiger partial charge in [0.1, 0.15) is 0 Å². The van der Waals surface area contributed by atoms with Crippen LogP contribution in [0, 0.1) is 5.92 Å². The van der Waals surface area contributed by atoms with E-state index < -0.39 is 0 Å². The molecule has 2 fully saturated rings.